The maximum Gasteiger partial charge on any atom is 0.251 e. The number of para-hydroxylation sites is 1. The van der Waals surface area contributed by atoms with Crippen LogP contribution in [-0.2, 0) is 11.3 Å². The average molecular weight is 413 g/mol. The van der Waals surface area contributed by atoms with Gasteiger partial charge in [0.25, 0.3) is 5.91 Å². The van der Waals surface area contributed by atoms with E-state index in [4.69, 9.17) is 0 Å². The number of nitrogens with one attached hydrogen (secondary N) is 2. The van der Waals surface area contributed by atoms with Crippen LogP contribution in [0.2, 0.25) is 0 Å². The van der Waals surface area contributed by atoms with Crippen molar-refractivity contribution in [3.05, 3.63) is 102 Å². The van der Waals surface area contributed by atoms with E-state index in [-0.39, 0.29) is 24.8 Å². The normalized spacial score (nSPS) is 10.6. The first kappa shape index (κ1) is 20.2. The standard InChI is InChI=1S/C25H20FN3O2/c26-22-7-3-1-6-20(22)14-28-24(30)16-29-25(31)18-11-9-17(10-12-18)21-13-19-5-2-4-8-23(19)27-15-21/h1-13,15H,14,16H2,(H,28,30)(H,29,31). The van der Waals surface area contributed by atoms with Crippen molar-refractivity contribution in [3.8, 4) is 11.1 Å². The van der Waals surface area contributed by atoms with Gasteiger partial charge < -0.3 is 10.6 Å². The Kier molecular flexibility index (Phi) is 5.98. The Labute approximate surface area is 178 Å². The number of fused-ring (bicyclic) bond motifs is 1. The van der Waals surface area contributed by atoms with Crippen molar-refractivity contribution >= 4 is 22.7 Å². The molecule has 1 heterocycles. The van der Waals surface area contributed by atoms with Crippen LogP contribution in [0.4, 0.5) is 4.39 Å². The van der Waals surface area contributed by atoms with E-state index in [1.807, 2.05) is 36.4 Å². The smallest absolute Gasteiger partial charge is 0.251 e. The molecule has 6 heteroatoms. The summed E-state index contributed by atoms with van der Waals surface area (Å²) in [4.78, 5) is 28.8. The van der Waals surface area contributed by atoms with Crippen molar-refractivity contribution in [2.75, 3.05) is 6.54 Å². The van der Waals surface area contributed by atoms with E-state index in [2.05, 4.69) is 21.7 Å². The SMILES string of the molecule is O=C(CNC(=O)c1ccc(-c2cnc3ccccc3c2)cc1)NCc1ccccc1F. The van der Waals surface area contributed by atoms with Gasteiger partial charge in [0.05, 0.1) is 12.1 Å². The Hall–Kier alpha value is -4.06. The monoisotopic (exact) mass is 413 g/mol. The molecule has 4 aromatic rings. The molecule has 3 aromatic carbocycles. The van der Waals surface area contributed by atoms with Crippen LogP contribution in [-0.4, -0.2) is 23.3 Å². The topological polar surface area (TPSA) is 71.1 Å². The summed E-state index contributed by atoms with van der Waals surface area (Å²) >= 11 is 0. The quantitative estimate of drug-likeness (QED) is 0.500. The number of carbonyl (C=O) groups excluding carboxylic acids is 2. The Balaban J connectivity index is 1.33. The largest absolute Gasteiger partial charge is 0.350 e. The average Bonchev–Trinajstić information content (AvgIpc) is 2.82. The van der Waals surface area contributed by atoms with E-state index in [9.17, 15) is 14.0 Å². The molecule has 5 nitrogen and oxygen atoms in total. The molecule has 0 atom stereocenters. The molecule has 0 spiro atoms. The zero-order chi connectivity index (χ0) is 21.6. The molecule has 0 radical (unpaired) electrons. The third-order valence-corrected chi connectivity index (χ3v) is 4.91. The Morgan fingerprint density at radius 1 is 0.839 bits per heavy atom. The third kappa shape index (κ3) is 4.93. The first-order chi connectivity index (χ1) is 15.1. The number of rotatable bonds is 6. The van der Waals surface area contributed by atoms with Crippen LogP contribution >= 0.6 is 0 Å². The minimum absolute atomic E-state index is 0.0653. The van der Waals surface area contributed by atoms with Crippen LogP contribution in [0.5, 0.6) is 0 Å². The van der Waals surface area contributed by atoms with E-state index >= 15 is 0 Å². The summed E-state index contributed by atoms with van der Waals surface area (Å²) in [5.41, 5.74) is 3.66. The third-order valence-electron chi connectivity index (χ3n) is 4.91. The van der Waals surface area contributed by atoms with Crippen LogP contribution < -0.4 is 10.6 Å². The zero-order valence-corrected chi connectivity index (χ0v) is 16.6. The molecule has 0 unspecified atom stereocenters. The second-order valence-electron chi connectivity index (χ2n) is 7.04. The number of nitrogens with zero attached hydrogens (tertiary/aromatic N) is 1. The predicted octanol–water partition coefficient (Wildman–Crippen LogP) is 4.09. The second kappa shape index (κ2) is 9.17. The highest BCUT2D eigenvalue weighted by Crippen LogP contribution is 2.23. The lowest BCUT2D eigenvalue weighted by Gasteiger charge is -2.08. The van der Waals surface area contributed by atoms with Crippen molar-refractivity contribution in [1.82, 2.24) is 15.6 Å². The highest BCUT2D eigenvalue weighted by Gasteiger charge is 2.10. The number of hydrogen-bond donors (Lipinski definition) is 2. The van der Waals surface area contributed by atoms with Crippen molar-refractivity contribution < 1.29 is 14.0 Å². The lowest BCUT2D eigenvalue weighted by Crippen LogP contribution is -2.36. The molecule has 0 bridgehead atoms. The van der Waals surface area contributed by atoms with Crippen LogP contribution in [0.25, 0.3) is 22.0 Å². The summed E-state index contributed by atoms with van der Waals surface area (Å²) in [6, 6.07) is 23.2. The van der Waals surface area contributed by atoms with E-state index in [1.54, 1.807) is 36.5 Å². The lowest BCUT2D eigenvalue weighted by atomic mass is 10.0. The Bertz CT molecular complexity index is 1240. The molecule has 154 valence electrons. The van der Waals surface area contributed by atoms with E-state index in [1.165, 1.54) is 6.07 Å². The van der Waals surface area contributed by atoms with Gasteiger partial charge in [0.1, 0.15) is 5.82 Å². The molecule has 0 fully saturated rings. The minimum Gasteiger partial charge on any atom is -0.350 e. The van der Waals surface area contributed by atoms with Gasteiger partial charge in [-0.3, -0.25) is 14.6 Å². The van der Waals surface area contributed by atoms with Crippen LogP contribution in [0, 0.1) is 5.82 Å². The molecule has 0 saturated heterocycles. The fraction of sp³-hybridized carbons (Fsp3) is 0.0800. The molecular formula is C25H20FN3O2. The molecule has 31 heavy (non-hydrogen) atoms. The van der Waals surface area contributed by atoms with Gasteiger partial charge in [0.2, 0.25) is 5.91 Å². The summed E-state index contributed by atoms with van der Waals surface area (Å²) < 4.78 is 13.6. The molecule has 0 aliphatic heterocycles. The number of benzene rings is 3. The molecule has 4 rings (SSSR count). The van der Waals surface area contributed by atoms with Gasteiger partial charge in [0, 0.05) is 34.8 Å². The van der Waals surface area contributed by atoms with Crippen molar-refractivity contribution in [1.29, 1.82) is 0 Å². The zero-order valence-electron chi connectivity index (χ0n) is 16.6. The summed E-state index contributed by atoms with van der Waals surface area (Å²) in [5, 5.41) is 6.21. The van der Waals surface area contributed by atoms with Crippen molar-refractivity contribution in [2.45, 2.75) is 6.54 Å². The number of carbonyl (C=O) groups is 2. The first-order valence-electron chi connectivity index (χ1n) is 9.84. The van der Waals surface area contributed by atoms with E-state index in [0.29, 0.717) is 11.1 Å². The molecule has 2 amide bonds. The summed E-state index contributed by atoms with van der Waals surface area (Å²) in [6.07, 6.45) is 1.80. The minimum atomic E-state index is -0.393. The Morgan fingerprint density at radius 2 is 1.58 bits per heavy atom. The van der Waals surface area contributed by atoms with E-state index in [0.717, 1.165) is 22.0 Å². The predicted molar refractivity (Wildman–Crippen MR) is 118 cm³/mol. The van der Waals surface area contributed by atoms with Crippen molar-refractivity contribution in [3.63, 3.8) is 0 Å². The fourth-order valence-corrected chi connectivity index (χ4v) is 3.20. The number of hydrogen-bond acceptors (Lipinski definition) is 3. The molecule has 0 aliphatic rings. The lowest BCUT2D eigenvalue weighted by molar-refractivity contribution is -0.120. The van der Waals surface area contributed by atoms with Crippen molar-refractivity contribution in [2.24, 2.45) is 0 Å². The highest BCUT2D eigenvalue weighted by molar-refractivity contribution is 5.97. The molecule has 1 aromatic heterocycles. The van der Waals surface area contributed by atoms with Gasteiger partial charge in [-0.2, -0.15) is 0 Å². The van der Waals surface area contributed by atoms with Crippen LogP contribution in [0.15, 0.2) is 85.1 Å². The maximum absolute atomic E-state index is 13.6. The van der Waals surface area contributed by atoms with Gasteiger partial charge in [-0.1, -0.05) is 48.5 Å². The number of amides is 2. The molecule has 0 saturated carbocycles. The van der Waals surface area contributed by atoms with Gasteiger partial charge in [0.15, 0.2) is 0 Å². The van der Waals surface area contributed by atoms with Crippen LogP contribution in [0.1, 0.15) is 15.9 Å². The first-order valence-corrected chi connectivity index (χ1v) is 9.84. The summed E-state index contributed by atoms with van der Waals surface area (Å²) in [6.45, 7) is -0.125. The number of aromatic nitrogens is 1. The van der Waals surface area contributed by atoms with Gasteiger partial charge >= 0.3 is 0 Å². The van der Waals surface area contributed by atoms with Gasteiger partial charge in [-0.15, -0.1) is 0 Å². The second-order valence-corrected chi connectivity index (χ2v) is 7.04. The van der Waals surface area contributed by atoms with Gasteiger partial charge in [-0.05, 0) is 35.9 Å². The fourth-order valence-electron chi connectivity index (χ4n) is 3.20. The highest BCUT2D eigenvalue weighted by atomic mass is 19.1. The number of pyridine rings is 1. The van der Waals surface area contributed by atoms with Gasteiger partial charge in [-0.25, -0.2) is 4.39 Å². The summed E-state index contributed by atoms with van der Waals surface area (Å²) in [5.74, 6) is -1.13. The van der Waals surface area contributed by atoms with Crippen LogP contribution in [0.3, 0.4) is 0 Å². The molecule has 2 N–H and O–H groups in total. The summed E-state index contributed by atoms with van der Waals surface area (Å²) in [7, 11) is 0. The number of halogens is 1. The maximum atomic E-state index is 13.6. The molecular weight excluding hydrogens is 393 g/mol. The molecule has 0 aliphatic carbocycles. The van der Waals surface area contributed by atoms with E-state index < -0.39 is 5.91 Å². The Morgan fingerprint density at radius 3 is 2.39 bits per heavy atom.